The Balaban J connectivity index is 1.68. The molecule has 1 unspecified atom stereocenters. The van der Waals surface area contributed by atoms with Crippen LogP contribution in [-0.4, -0.2) is 27.4 Å². The van der Waals surface area contributed by atoms with Gasteiger partial charge in [-0.25, -0.2) is 0 Å². The van der Waals surface area contributed by atoms with Gasteiger partial charge in [-0.2, -0.15) is 0 Å². The number of furan rings is 1. The summed E-state index contributed by atoms with van der Waals surface area (Å²) < 4.78 is 7.14. The molecular weight excluding hydrogens is 344 g/mol. The van der Waals surface area contributed by atoms with E-state index in [9.17, 15) is 9.59 Å². The first-order valence-corrected chi connectivity index (χ1v) is 8.67. The Kier molecular flexibility index (Phi) is 5.40. The quantitative estimate of drug-likeness (QED) is 0.701. The fourth-order valence-electron chi connectivity index (χ4n) is 2.96. The van der Waals surface area contributed by atoms with E-state index in [1.165, 1.54) is 0 Å². The summed E-state index contributed by atoms with van der Waals surface area (Å²) in [6.07, 6.45) is 4.99. The van der Waals surface area contributed by atoms with Crippen LogP contribution in [0.1, 0.15) is 34.4 Å². The van der Waals surface area contributed by atoms with Crippen molar-refractivity contribution in [2.75, 3.05) is 0 Å². The lowest BCUT2D eigenvalue weighted by molar-refractivity contribution is -0.122. The topological polar surface area (TPSA) is 89.2 Å². The number of rotatable bonds is 6. The summed E-state index contributed by atoms with van der Waals surface area (Å²) in [6, 6.07) is 8.44. The molecule has 0 aliphatic carbocycles. The molecule has 1 atom stereocenters. The van der Waals surface area contributed by atoms with Crippen molar-refractivity contribution in [3.63, 3.8) is 0 Å². The fraction of sp³-hybridized carbons (Fsp3) is 0.250. The second-order valence-electron chi connectivity index (χ2n) is 6.32. The summed E-state index contributed by atoms with van der Waals surface area (Å²) in [5.41, 5.74) is 3.12. The number of aryl methyl sites for hydroxylation is 1. The molecule has 0 bridgehead atoms. The van der Waals surface area contributed by atoms with Crippen molar-refractivity contribution in [2.24, 2.45) is 0 Å². The van der Waals surface area contributed by atoms with E-state index in [0.717, 1.165) is 17.1 Å². The molecule has 140 valence electrons. The Morgan fingerprint density at radius 3 is 2.74 bits per heavy atom. The van der Waals surface area contributed by atoms with Gasteiger partial charge in [0, 0.05) is 17.6 Å². The molecule has 0 fully saturated rings. The maximum atomic E-state index is 12.7. The third kappa shape index (κ3) is 4.08. The highest BCUT2D eigenvalue weighted by Gasteiger charge is 2.21. The number of amides is 2. The predicted molar refractivity (Wildman–Crippen MR) is 101 cm³/mol. The largest absolute Gasteiger partial charge is 0.467 e. The maximum Gasteiger partial charge on any atom is 0.253 e. The average molecular weight is 366 g/mol. The minimum absolute atomic E-state index is 0.277. The molecule has 0 spiro atoms. The third-order valence-corrected chi connectivity index (χ3v) is 4.34. The van der Waals surface area contributed by atoms with E-state index >= 15 is 0 Å². The minimum atomic E-state index is -0.672. The van der Waals surface area contributed by atoms with Crippen molar-refractivity contribution in [2.45, 2.75) is 33.4 Å². The smallest absolute Gasteiger partial charge is 0.253 e. The third-order valence-electron chi connectivity index (χ3n) is 4.34. The first-order valence-electron chi connectivity index (χ1n) is 8.67. The molecule has 0 saturated heterocycles. The van der Waals surface area contributed by atoms with Crippen LogP contribution in [0.15, 0.2) is 53.4 Å². The standard InChI is InChI=1S/C20H22N4O3/c1-13-10-18(15(3)24(13)16-6-4-8-21-11-16)20(26)23-14(2)19(25)22-12-17-7-5-9-27-17/h4-11,14H,12H2,1-3H3,(H,22,25)(H,23,26). The van der Waals surface area contributed by atoms with Crippen LogP contribution in [0.3, 0.4) is 0 Å². The SMILES string of the molecule is Cc1cc(C(=O)NC(C)C(=O)NCc2ccco2)c(C)n1-c1cccnc1. The molecular formula is C20H22N4O3. The predicted octanol–water partition coefficient (Wildman–Crippen LogP) is 2.52. The van der Waals surface area contributed by atoms with Gasteiger partial charge in [0.05, 0.1) is 30.3 Å². The molecule has 2 amide bonds. The Morgan fingerprint density at radius 1 is 1.26 bits per heavy atom. The zero-order valence-electron chi connectivity index (χ0n) is 15.5. The van der Waals surface area contributed by atoms with E-state index in [-0.39, 0.29) is 18.4 Å². The van der Waals surface area contributed by atoms with Crippen molar-refractivity contribution in [3.8, 4) is 5.69 Å². The van der Waals surface area contributed by atoms with Gasteiger partial charge in [-0.1, -0.05) is 0 Å². The van der Waals surface area contributed by atoms with Gasteiger partial charge in [0.15, 0.2) is 0 Å². The lowest BCUT2D eigenvalue weighted by atomic mass is 10.2. The van der Waals surface area contributed by atoms with Crippen LogP contribution < -0.4 is 10.6 Å². The normalized spacial score (nSPS) is 11.8. The zero-order valence-corrected chi connectivity index (χ0v) is 15.5. The molecule has 7 nitrogen and oxygen atoms in total. The van der Waals surface area contributed by atoms with Gasteiger partial charge in [-0.05, 0) is 51.1 Å². The number of nitrogens with one attached hydrogen (secondary N) is 2. The fourth-order valence-corrected chi connectivity index (χ4v) is 2.96. The van der Waals surface area contributed by atoms with Crippen LogP contribution >= 0.6 is 0 Å². The summed E-state index contributed by atoms with van der Waals surface area (Å²) in [4.78, 5) is 29.0. The van der Waals surface area contributed by atoms with Gasteiger partial charge < -0.3 is 19.6 Å². The monoisotopic (exact) mass is 366 g/mol. The lowest BCUT2D eigenvalue weighted by Gasteiger charge is -2.14. The number of nitrogens with zero attached hydrogens (tertiary/aromatic N) is 2. The van der Waals surface area contributed by atoms with Crippen LogP contribution in [0, 0.1) is 13.8 Å². The van der Waals surface area contributed by atoms with Crippen molar-refractivity contribution < 1.29 is 14.0 Å². The van der Waals surface area contributed by atoms with Crippen molar-refractivity contribution in [3.05, 3.63) is 71.7 Å². The molecule has 0 aliphatic rings. The molecule has 0 radical (unpaired) electrons. The second kappa shape index (κ2) is 7.90. The highest BCUT2D eigenvalue weighted by molar-refractivity contribution is 5.98. The van der Waals surface area contributed by atoms with Crippen molar-refractivity contribution >= 4 is 11.8 Å². The van der Waals surface area contributed by atoms with Crippen molar-refractivity contribution in [1.82, 2.24) is 20.2 Å². The summed E-state index contributed by atoms with van der Waals surface area (Å²) in [5.74, 6) is 0.0848. The van der Waals surface area contributed by atoms with Crippen LogP contribution in [0.5, 0.6) is 0 Å². The summed E-state index contributed by atoms with van der Waals surface area (Å²) in [5, 5.41) is 5.49. The highest BCUT2D eigenvalue weighted by atomic mass is 16.3. The molecule has 0 saturated carbocycles. The van der Waals surface area contributed by atoms with E-state index in [1.807, 2.05) is 36.6 Å². The van der Waals surface area contributed by atoms with Crippen LogP contribution in [0.4, 0.5) is 0 Å². The molecule has 7 heteroatoms. The van der Waals surface area contributed by atoms with E-state index < -0.39 is 6.04 Å². The van der Waals surface area contributed by atoms with E-state index in [4.69, 9.17) is 4.42 Å². The van der Waals surface area contributed by atoms with Crippen LogP contribution in [-0.2, 0) is 11.3 Å². The lowest BCUT2D eigenvalue weighted by Crippen LogP contribution is -2.44. The number of carbonyl (C=O) groups excluding carboxylic acids is 2. The van der Waals surface area contributed by atoms with E-state index in [1.54, 1.807) is 37.7 Å². The second-order valence-corrected chi connectivity index (χ2v) is 6.32. The Hall–Kier alpha value is -3.35. The van der Waals surface area contributed by atoms with Gasteiger partial charge in [0.2, 0.25) is 5.91 Å². The summed E-state index contributed by atoms with van der Waals surface area (Å²) in [6.45, 7) is 5.73. The molecule has 3 aromatic heterocycles. The molecule has 27 heavy (non-hydrogen) atoms. The number of pyridine rings is 1. The molecule has 3 rings (SSSR count). The Morgan fingerprint density at radius 2 is 2.07 bits per heavy atom. The van der Waals surface area contributed by atoms with Gasteiger partial charge in [-0.15, -0.1) is 0 Å². The molecule has 0 aliphatic heterocycles. The van der Waals surface area contributed by atoms with Crippen molar-refractivity contribution in [1.29, 1.82) is 0 Å². The Labute approximate surface area is 157 Å². The first-order chi connectivity index (χ1) is 13.0. The molecule has 2 N–H and O–H groups in total. The molecule has 3 heterocycles. The number of hydrogen-bond donors (Lipinski definition) is 2. The average Bonchev–Trinajstić information content (AvgIpc) is 3.28. The van der Waals surface area contributed by atoms with Gasteiger partial charge in [-0.3, -0.25) is 14.6 Å². The zero-order chi connectivity index (χ0) is 19.4. The van der Waals surface area contributed by atoms with Crippen LogP contribution in [0.2, 0.25) is 0 Å². The number of carbonyl (C=O) groups is 2. The van der Waals surface area contributed by atoms with Gasteiger partial charge >= 0.3 is 0 Å². The van der Waals surface area contributed by atoms with Crippen LogP contribution in [0.25, 0.3) is 5.69 Å². The Bertz CT molecular complexity index is 930. The summed E-state index contributed by atoms with van der Waals surface area (Å²) >= 11 is 0. The van der Waals surface area contributed by atoms with E-state index in [2.05, 4.69) is 15.6 Å². The van der Waals surface area contributed by atoms with Gasteiger partial charge in [0.25, 0.3) is 5.91 Å². The first kappa shape index (κ1) is 18.4. The number of hydrogen-bond acceptors (Lipinski definition) is 4. The molecule has 0 aromatic carbocycles. The summed E-state index contributed by atoms with van der Waals surface area (Å²) in [7, 11) is 0. The van der Waals surface area contributed by atoms with E-state index in [0.29, 0.717) is 11.3 Å². The minimum Gasteiger partial charge on any atom is -0.467 e. The van der Waals surface area contributed by atoms with Gasteiger partial charge in [0.1, 0.15) is 11.8 Å². The number of aromatic nitrogens is 2. The highest BCUT2D eigenvalue weighted by Crippen LogP contribution is 2.20. The maximum absolute atomic E-state index is 12.7. The molecule has 3 aromatic rings.